The summed E-state index contributed by atoms with van der Waals surface area (Å²) in [5.74, 6) is 0. The molecule has 1 aromatic heterocycles. The summed E-state index contributed by atoms with van der Waals surface area (Å²) < 4.78 is 5.07. The third-order valence-electron chi connectivity index (χ3n) is 2.20. The number of carbonyl (C=O) groups is 1. The summed E-state index contributed by atoms with van der Waals surface area (Å²) in [5, 5.41) is 4.72. The highest BCUT2D eigenvalue weighted by Gasteiger charge is 2.10. The lowest BCUT2D eigenvalue weighted by Crippen LogP contribution is -1.86. The number of hydrogen-bond acceptors (Lipinski definition) is 3. The third kappa shape index (κ3) is 1.91. The van der Waals surface area contributed by atoms with E-state index in [1.54, 1.807) is 0 Å². The Labute approximate surface area is 89.1 Å². The van der Waals surface area contributed by atoms with E-state index in [4.69, 9.17) is 4.52 Å². The molecule has 0 radical (unpaired) electrons. The van der Waals surface area contributed by atoms with Gasteiger partial charge in [-0.3, -0.25) is 4.79 Å². The van der Waals surface area contributed by atoms with E-state index in [1.807, 2.05) is 39.8 Å². The fraction of sp³-hybridized carbons (Fsp3) is 0.333. The van der Waals surface area contributed by atoms with Crippen LogP contribution in [0.25, 0.3) is 11.0 Å². The van der Waals surface area contributed by atoms with Crippen LogP contribution in [0.5, 0.6) is 0 Å². The van der Waals surface area contributed by atoms with E-state index in [0.717, 1.165) is 22.9 Å². The van der Waals surface area contributed by atoms with E-state index in [-0.39, 0.29) is 0 Å². The van der Waals surface area contributed by atoms with Crippen LogP contribution in [0, 0.1) is 13.8 Å². The second-order valence-corrected chi connectivity index (χ2v) is 3.06. The molecule has 15 heavy (non-hydrogen) atoms. The summed E-state index contributed by atoms with van der Waals surface area (Å²) in [4.78, 5) is 10.8. The SMILES string of the molecule is CC.Cc1ccc2c(C)noc2c1C=O. The van der Waals surface area contributed by atoms with Crippen molar-refractivity contribution in [3.05, 3.63) is 29.0 Å². The Kier molecular flexibility index (Phi) is 3.61. The number of hydrogen-bond donors (Lipinski definition) is 0. The molecular formula is C12H15NO2. The van der Waals surface area contributed by atoms with Crippen molar-refractivity contribution in [1.82, 2.24) is 5.16 Å². The second-order valence-electron chi connectivity index (χ2n) is 3.06. The van der Waals surface area contributed by atoms with Gasteiger partial charge in [0.2, 0.25) is 0 Å². The molecule has 0 bridgehead atoms. The molecule has 3 nitrogen and oxygen atoms in total. The third-order valence-corrected chi connectivity index (χ3v) is 2.20. The van der Waals surface area contributed by atoms with Crippen LogP contribution < -0.4 is 0 Å². The molecule has 3 heteroatoms. The van der Waals surface area contributed by atoms with Gasteiger partial charge in [-0.15, -0.1) is 0 Å². The quantitative estimate of drug-likeness (QED) is 0.671. The number of aromatic nitrogens is 1. The number of fused-ring (bicyclic) bond motifs is 1. The van der Waals surface area contributed by atoms with Gasteiger partial charge in [-0.1, -0.05) is 25.1 Å². The van der Waals surface area contributed by atoms with E-state index >= 15 is 0 Å². The zero-order valence-electron chi connectivity index (χ0n) is 9.50. The molecule has 0 aliphatic carbocycles. The number of aryl methyl sites for hydroxylation is 2. The fourth-order valence-corrected chi connectivity index (χ4v) is 1.39. The summed E-state index contributed by atoms with van der Waals surface area (Å²) in [7, 11) is 0. The molecule has 0 aliphatic heterocycles. The maximum Gasteiger partial charge on any atom is 0.177 e. The number of benzene rings is 1. The van der Waals surface area contributed by atoms with E-state index in [0.29, 0.717) is 11.1 Å². The summed E-state index contributed by atoms with van der Waals surface area (Å²) in [5.41, 5.74) is 2.92. The highest BCUT2D eigenvalue weighted by Crippen LogP contribution is 2.22. The van der Waals surface area contributed by atoms with Crippen molar-refractivity contribution < 1.29 is 9.32 Å². The van der Waals surface area contributed by atoms with Gasteiger partial charge in [0, 0.05) is 5.39 Å². The maximum atomic E-state index is 10.8. The molecule has 2 aromatic rings. The standard InChI is InChI=1S/C10H9NO2.C2H6/c1-6-3-4-8-7(2)11-13-10(8)9(6)5-12;1-2/h3-5H,1-2H3;1-2H3. The van der Waals surface area contributed by atoms with Crippen LogP contribution in [0.2, 0.25) is 0 Å². The number of aldehydes is 1. The molecule has 0 amide bonds. The molecule has 0 N–H and O–H groups in total. The fourth-order valence-electron chi connectivity index (χ4n) is 1.39. The van der Waals surface area contributed by atoms with Crippen LogP contribution in [-0.2, 0) is 0 Å². The van der Waals surface area contributed by atoms with Crippen LogP contribution in [0.3, 0.4) is 0 Å². The highest BCUT2D eigenvalue weighted by atomic mass is 16.5. The van der Waals surface area contributed by atoms with Gasteiger partial charge >= 0.3 is 0 Å². The first-order chi connectivity index (χ1) is 7.24. The molecule has 0 fully saturated rings. The average Bonchev–Trinajstić information content (AvgIpc) is 2.63. The lowest BCUT2D eigenvalue weighted by atomic mass is 10.1. The zero-order chi connectivity index (χ0) is 11.4. The van der Waals surface area contributed by atoms with Gasteiger partial charge in [-0.2, -0.15) is 0 Å². The van der Waals surface area contributed by atoms with Crippen LogP contribution in [0.15, 0.2) is 16.7 Å². The minimum Gasteiger partial charge on any atom is -0.355 e. The number of carbonyl (C=O) groups excluding carboxylic acids is 1. The van der Waals surface area contributed by atoms with Crippen LogP contribution in [-0.4, -0.2) is 11.4 Å². The molecule has 0 saturated heterocycles. The van der Waals surface area contributed by atoms with E-state index < -0.39 is 0 Å². The Morgan fingerprint density at radius 2 is 1.93 bits per heavy atom. The van der Waals surface area contributed by atoms with Crippen LogP contribution in [0.4, 0.5) is 0 Å². The van der Waals surface area contributed by atoms with Crippen LogP contribution >= 0.6 is 0 Å². The Balaban J connectivity index is 0.000000531. The van der Waals surface area contributed by atoms with Crippen molar-refractivity contribution in [3.63, 3.8) is 0 Å². The van der Waals surface area contributed by atoms with Gasteiger partial charge in [0.15, 0.2) is 11.9 Å². The largest absolute Gasteiger partial charge is 0.355 e. The second kappa shape index (κ2) is 4.73. The Morgan fingerprint density at radius 3 is 2.53 bits per heavy atom. The van der Waals surface area contributed by atoms with Crippen molar-refractivity contribution >= 4 is 17.3 Å². The summed E-state index contributed by atoms with van der Waals surface area (Å²) in [6, 6.07) is 3.82. The lowest BCUT2D eigenvalue weighted by molar-refractivity contribution is 0.112. The summed E-state index contributed by atoms with van der Waals surface area (Å²) in [6.45, 7) is 7.73. The lowest BCUT2D eigenvalue weighted by Gasteiger charge is -1.96. The van der Waals surface area contributed by atoms with Crippen molar-refractivity contribution in [2.24, 2.45) is 0 Å². The molecule has 0 aliphatic rings. The predicted molar refractivity (Wildman–Crippen MR) is 60.2 cm³/mol. The molecule has 1 aromatic carbocycles. The smallest absolute Gasteiger partial charge is 0.177 e. The Morgan fingerprint density at radius 1 is 1.27 bits per heavy atom. The monoisotopic (exact) mass is 205 g/mol. The normalized spacial score (nSPS) is 9.60. The molecule has 0 unspecified atom stereocenters. The predicted octanol–water partition coefficient (Wildman–Crippen LogP) is 3.28. The van der Waals surface area contributed by atoms with Crippen LogP contribution in [0.1, 0.15) is 35.5 Å². The first kappa shape index (κ1) is 11.4. The van der Waals surface area contributed by atoms with E-state index in [9.17, 15) is 4.79 Å². The van der Waals surface area contributed by atoms with Crippen molar-refractivity contribution in [2.45, 2.75) is 27.7 Å². The van der Waals surface area contributed by atoms with Crippen molar-refractivity contribution in [3.8, 4) is 0 Å². The summed E-state index contributed by atoms with van der Waals surface area (Å²) >= 11 is 0. The minimum absolute atomic E-state index is 0.590. The molecular weight excluding hydrogens is 190 g/mol. The highest BCUT2D eigenvalue weighted by molar-refractivity contribution is 5.96. The average molecular weight is 205 g/mol. The molecule has 80 valence electrons. The van der Waals surface area contributed by atoms with E-state index in [1.165, 1.54) is 0 Å². The topological polar surface area (TPSA) is 43.1 Å². The van der Waals surface area contributed by atoms with Gasteiger partial charge in [0.1, 0.15) is 0 Å². The van der Waals surface area contributed by atoms with Gasteiger partial charge in [0.05, 0.1) is 11.3 Å². The molecule has 1 heterocycles. The van der Waals surface area contributed by atoms with Gasteiger partial charge in [-0.25, -0.2) is 0 Å². The number of rotatable bonds is 1. The number of nitrogens with zero attached hydrogens (tertiary/aromatic N) is 1. The maximum absolute atomic E-state index is 10.8. The van der Waals surface area contributed by atoms with Crippen molar-refractivity contribution in [2.75, 3.05) is 0 Å². The molecule has 0 saturated carbocycles. The molecule has 2 rings (SSSR count). The van der Waals surface area contributed by atoms with Gasteiger partial charge < -0.3 is 4.52 Å². The molecule has 0 spiro atoms. The zero-order valence-corrected chi connectivity index (χ0v) is 9.50. The first-order valence-electron chi connectivity index (χ1n) is 5.05. The van der Waals surface area contributed by atoms with Crippen molar-refractivity contribution in [1.29, 1.82) is 0 Å². The van der Waals surface area contributed by atoms with E-state index in [2.05, 4.69) is 5.16 Å². The van der Waals surface area contributed by atoms with Gasteiger partial charge in [-0.05, 0) is 25.5 Å². The summed E-state index contributed by atoms with van der Waals surface area (Å²) in [6.07, 6.45) is 0.808. The minimum atomic E-state index is 0.590. The van der Waals surface area contributed by atoms with Gasteiger partial charge in [0.25, 0.3) is 0 Å². The molecule has 0 atom stereocenters. The Bertz CT molecular complexity index is 472. The first-order valence-corrected chi connectivity index (χ1v) is 5.05. The Hall–Kier alpha value is -1.64.